The molecule has 0 radical (unpaired) electrons. The number of fused-ring (bicyclic) bond motifs is 3. The van der Waals surface area contributed by atoms with Gasteiger partial charge in [0.05, 0.1) is 23.7 Å². The second-order valence-electron chi connectivity index (χ2n) is 10.4. The van der Waals surface area contributed by atoms with Crippen LogP contribution < -0.4 is 19.8 Å². The summed E-state index contributed by atoms with van der Waals surface area (Å²) in [4.78, 5) is 56.0. The number of thioether (sulfide) groups is 1. The number of amides is 3. The first-order valence-corrected chi connectivity index (χ1v) is 15.4. The van der Waals surface area contributed by atoms with E-state index in [-0.39, 0.29) is 29.1 Å². The number of carbonyl (C=O) groups is 3. The predicted molar refractivity (Wildman–Crippen MR) is 168 cm³/mol. The van der Waals surface area contributed by atoms with Crippen LogP contribution in [0.1, 0.15) is 16.4 Å². The van der Waals surface area contributed by atoms with E-state index in [1.54, 1.807) is 43.5 Å². The molecule has 8 nitrogen and oxygen atoms in total. The third-order valence-electron chi connectivity index (χ3n) is 7.87. The van der Waals surface area contributed by atoms with Gasteiger partial charge in [0.15, 0.2) is 0 Å². The maximum atomic E-state index is 14.0. The van der Waals surface area contributed by atoms with Crippen LogP contribution in [0.15, 0.2) is 107 Å². The normalized spacial score (nSPS) is 19.3. The Morgan fingerprint density at radius 1 is 0.860 bits per heavy atom. The molecule has 3 atom stereocenters. The number of ether oxygens (including phenoxy) is 1. The minimum atomic E-state index is -0.754. The highest BCUT2D eigenvalue weighted by Gasteiger charge is 2.56. The number of nitrogens with zero attached hydrogens (tertiary/aromatic N) is 2. The van der Waals surface area contributed by atoms with Gasteiger partial charge in [0.1, 0.15) is 17.5 Å². The number of thiazole rings is 1. The van der Waals surface area contributed by atoms with Gasteiger partial charge >= 0.3 is 4.87 Å². The number of hydrogen-bond acceptors (Lipinski definition) is 7. The van der Waals surface area contributed by atoms with Crippen molar-refractivity contribution in [2.75, 3.05) is 17.3 Å². The lowest BCUT2D eigenvalue weighted by atomic mass is 9.83. The summed E-state index contributed by atoms with van der Waals surface area (Å²) in [6, 6.07) is 29.7. The maximum Gasteiger partial charge on any atom is 0.308 e. The van der Waals surface area contributed by atoms with Crippen molar-refractivity contribution >= 4 is 63.0 Å². The van der Waals surface area contributed by atoms with Crippen LogP contribution in [0, 0.1) is 5.92 Å². The fourth-order valence-electron chi connectivity index (χ4n) is 5.87. The third kappa shape index (κ3) is 4.72. The predicted octanol–water partition coefficient (Wildman–Crippen LogP) is 5.51. The lowest BCUT2D eigenvalue weighted by molar-refractivity contribution is -0.122. The molecule has 4 aromatic carbocycles. The first-order valence-electron chi connectivity index (χ1n) is 13.7. The Balaban J connectivity index is 1.26. The molecule has 0 saturated carbocycles. The fourth-order valence-corrected chi connectivity index (χ4v) is 8.64. The molecule has 1 fully saturated rings. The Kier molecular flexibility index (Phi) is 6.87. The summed E-state index contributed by atoms with van der Waals surface area (Å²) in [5.41, 5.74) is 1.93. The molecule has 1 N–H and O–H groups in total. The quantitative estimate of drug-likeness (QED) is 0.256. The molecule has 1 saturated heterocycles. The van der Waals surface area contributed by atoms with Crippen molar-refractivity contribution < 1.29 is 19.1 Å². The summed E-state index contributed by atoms with van der Waals surface area (Å²) in [5, 5.41) is 4.74. The molecule has 0 unspecified atom stereocenters. The number of methoxy groups -OCH3 is 1. The van der Waals surface area contributed by atoms with E-state index in [2.05, 4.69) is 5.32 Å². The van der Waals surface area contributed by atoms with Crippen molar-refractivity contribution in [1.29, 1.82) is 0 Å². The number of imide groups is 1. The highest BCUT2D eigenvalue weighted by molar-refractivity contribution is 8.00. The van der Waals surface area contributed by atoms with Gasteiger partial charge in [-0.05, 0) is 52.7 Å². The van der Waals surface area contributed by atoms with Crippen molar-refractivity contribution in [3.8, 4) is 5.75 Å². The third-order valence-corrected chi connectivity index (χ3v) is 10.5. The summed E-state index contributed by atoms with van der Waals surface area (Å²) in [6.45, 7) is -0.220. The zero-order valence-corrected chi connectivity index (χ0v) is 24.6. The van der Waals surface area contributed by atoms with Crippen molar-refractivity contribution in [2.45, 2.75) is 22.7 Å². The molecule has 43 heavy (non-hydrogen) atoms. The molecule has 10 heteroatoms. The molecule has 0 aliphatic carbocycles. The average Bonchev–Trinajstić information content (AvgIpc) is 3.47. The monoisotopic (exact) mass is 607 g/mol. The summed E-state index contributed by atoms with van der Waals surface area (Å²) in [5.74, 6) is -1.60. The molecule has 5 aromatic rings. The topological polar surface area (TPSA) is 97.7 Å². The standard InChI is InChI=1S/C33H25N3O5S2/c1-41-24-15-12-20(13-16-24)26-27-28(31(39)36(30(27)38)23-9-3-2-4-10-23)42-32-29(26)43-33(40)35(32)18-25(37)34-22-14-11-19-7-5-6-8-21(19)17-22/h2-17,26-28H,18H2,1H3,(H,34,37)/t26-,27-,28+/m0/s1. The maximum absolute atomic E-state index is 14.0. The van der Waals surface area contributed by atoms with Crippen LogP contribution in [0.25, 0.3) is 10.8 Å². The lowest BCUT2D eigenvalue weighted by Gasteiger charge is -2.30. The van der Waals surface area contributed by atoms with E-state index in [1.807, 2.05) is 60.7 Å². The SMILES string of the molecule is COc1ccc([C@@H]2c3sc(=O)n(CC(=O)Nc4ccc5ccccc5c4)c3S[C@H]3C(=O)N(c4ccccc4)C(=O)[C@@H]23)cc1. The molecule has 1 aromatic heterocycles. The van der Waals surface area contributed by atoms with Crippen LogP contribution >= 0.6 is 23.1 Å². The van der Waals surface area contributed by atoms with Gasteiger partial charge in [-0.25, -0.2) is 4.90 Å². The van der Waals surface area contributed by atoms with Crippen LogP contribution in [0.5, 0.6) is 5.75 Å². The lowest BCUT2D eigenvalue weighted by Crippen LogP contribution is -2.33. The molecular formula is C33H25N3O5S2. The number of para-hydroxylation sites is 1. The van der Waals surface area contributed by atoms with Crippen LogP contribution in [-0.2, 0) is 20.9 Å². The number of carbonyl (C=O) groups excluding carboxylic acids is 3. The molecule has 214 valence electrons. The van der Waals surface area contributed by atoms with E-state index < -0.39 is 17.1 Å². The second kappa shape index (κ2) is 10.9. The van der Waals surface area contributed by atoms with Crippen molar-refractivity contribution in [2.24, 2.45) is 5.92 Å². The Bertz CT molecular complexity index is 1950. The number of hydrogen-bond donors (Lipinski definition) is 1. The number of nitrogens with one attached hydrogen (secondary N) is 1. The van der Waals surface area contributed by atoms with E-state index in [4.69, 9.17) is 4.74 Å². The van der Waals surface area contributed by atoms with Crippen molar-refractivity contribution in [3.63, 3.8) is 0 Å². The van der Waals surface area contributed by atoms with Crippen molar-refractivity contribution in [1.82, 2.24) is 4.57 Å². The van der Waals surface area contributed by atoms with Gasteiger partial charge in [-0.1, -0.05) is 83.8 Å². The second-order valence-corrected chi connectivity index (χ2v) is 12.5. The van der Waals surface area contributed by atoms with Gasteiger partial charge in [-0.15, -0.1) is 0 Å². The number of benzene rings is 4. The zero-order chi connectivity index (χ0) is 29.7. The van der Waals surface area contributed by atoms with Crippen LogP contribution in [0.4, 0.5) is 11.4 Å². The smallest absolute Gasteiger partial charge is 0.308 e. The summed E-state index contributed by atoms with van der Waals surface area (Å²) in [7, 11) is 1.58. The molecule has 2 aliphatic heterocycles. The van der Waals surface area contributed by atoms with Crippen LogP contribution in [-0.4, -0.2) is 34.6 Å². The van der Waals surface area contributed by atoms with E-state index in [9.17, 15) is 19.2 Å². The molecule has 3 amide bonds. The minimum absolute atomic E-state index is 0.220. The largest absolute Gasteiger partial charge is 0.497 e. The van der Waals surface area contributed by atoms with Crippen LogP contribution in [0.3, 0.4) is 0 Å². The van der Waals surface area contributed by atoms with Gasteiger partial charge in [0, 0.05) is 16.5 Å². The Hall–Kier alpha value is -4.67. The highest BCUT2D eigenvalue weighted by atomic mass is 32.2. The van der Waals surface area contributed by atoms with Gasteiger partial charge < -0.3 is 10.1 Å². The average molecular weight is 608 g/mol. The van der Waals surface area contributed by atoms with E-state index >= 15 is 0 Å². The Morgan fingerprint density at radius 3 is 2.33 bits per heavy atom. The van der Waals surface area contributed by atoms with E-state index in [0.29, 0.717) is 27.0 Å². The Labute approximate surface area is 254 Å². The van der Waals surface area contributed by atoms with Crippen molar-refractivity contribution in [3.05, 3.63) is 117 Å². The summed E-state index contributed by atoms with van der Waals surface area (Å²) >= 11 is 2.22. The van der Waals surface area contributed by atoms with E-state index in [0.717, 1.165) is 27.7 Å². The molecule has 3 heterocycles. The molecule has 2 aliphatic rings. The summed E-state index contributed by atoms with van der Waals surface area (Å²) < 4.78 is 6.76. The van der Waals surface area contributed by atoms with Crippen LogP contribution in [0.2, 0.25) is 0 Å². The van der Waals surface area contributed by atoms with Gasteiger partial charge in [-0.2, -0.15) is 0 Å². The van der Waals surface area contributed by atoms with Gasteiger partial charge in [0.2, 0.25) is 17.7 Å². The summed E-state index contributed by atoms with van der Waals surface area (Å²) in [6.07, 6.45) is 0. The number of anilines is 2. The van der Waals surface area contributed by atoms with E-state index in [1.165, 1.54) is 21.2 Å². The van der Waals surface area contributed by atoms with Gasteiger partial charge in [-0.3, -0.25) is 23.7 Å². The minimum Gasteiger partial charge on any atom is -0.497 e. The molecule has 0 bridgehead atoms. The molecular weight excluding hydrogens is 583 g/mol. The zero-order valence-electron chi connectivity index (χ0n) is 22.9. The highest BCUT2D eigenvalue weighted by Crippen LogP contribution is 2.54. The fraction of sp³-hybridized carbons (Fsp3) is 0.152. The number of rotatable bonds is 6. The first kappa shape index (κ1) is 27.2. The molecule has 0 spiro atoms. The van der Waals surface area contributed by atoms with Gasteiger partial charge in [0.25, 0.3) is 0 Å². The number of aromatic nitrogens is 1. The first-order chi connectivity index (χ1) is 20.9. The molecule has 7 rings (SSSR count). The Morgan fingerprint density at radius 2 is 1.58 bits per heavy atom.